The van der Waals surface area contributed by atoms with Crippen LogP contribution in [0.5, 0.6) is 0 Å². The van der Waals surface area contributed by atoms with Crippen LogP contribution in [-0.2, 0) is 30.5 Å². The first kappa shape index (κ1) is 32.2. The first-order valence-electron chi connectivity index (χ1n) is 13.8. The molecular formula is C29H32Cl2N4O8. The molecule has 2 saturated heterocycles. The number of nitrogens with one attached hydrogen (secondary N) is 2. The van der Waals surface area contributed by atoms with Gasteiger partial charge in [-0.1, -0.05) is 47.5 Å². The molecule has 0 aliphatic carbocycles. The van der Waals surface area contributed by atoms with Crippen molar-refractivity contribution in [2.75, 3.05) is 13.2 Å². The number of aliphatic hydroxyl groups is 1. The van der Waals surface area contributed by atoms with Crippen molar-refractivity contribution in [3.63, 3.8) is 0 Å². The van der Waals surface area contributed by atoms with Gasteiger partial charge in [0.25, 0.3) is 11.8 Å². The van der Waals surface area contributed by atoms with Crippen LogP contribution in [0.15, 0.2) is 48.5 Å². The van der Waals surface area contributed by atoms with Crippen LogP contribution in [0.2, 0.25) is 10.0 Å². The summed E-state index contributed by atoms with van der Waals surface area (Å²) in [6.07, 6.45) is -1.47. The topological polar surface area (TPSA) is 166 Å². The molecule has 2 heterocycles. The monoisotopic (exact) mass is 634 g/mol. The quantitative estimate of drug-likeness (QED) is 0.292. The zero-order valence-corrected chi connectivity index (χ0v) is 24.6. The van der Waals surface area contributed by atoms with Crippen LogP contribution < -0.4 is 10.6 Å². The number of rotatable bonds is 11. The predicted octanol–water partition coefficient (Wildman–Crippen LogP) is 2.16. The molecule has 4 unspecified atom stereocenters. The van der Waals surface area contributed by atoms with E-state index in [0.717, 1.165) is 5.01 Å². The maximum atomic E-state index is 13.7. The van der Waals surface area contributed by atoms with Gasteiger partial charge in [0, 0.05) is 34.1 Å². The summed E-state index contributed by atoms with van der Waals surface area (Å²) in [5, 5.41) is 28.4. The number of fused-ring (bicyclic) bond motifs is 1. The summed E-state index contributed by atoms with van der Waals surface area (Å²) < 4.78 is 5.53. The minimum atomic E-state index is -1.44. The van der Waals surface area contributed by atoms with E-state index in [1.54, 1.807) is 48.5 Å². The van der Waals surface area contributed by atoms with Crippen LogP contribution in [0.1, 0.15) is 48.0 Å². The molecule has 4 atom stereocenters. The second kappa shape index (κ2) is 14.6. The van der Waals surface area contributed by atoms with E-state index in [1.165, 1.54) is 5.01 Å². The number of hydrogen-bond acceptors (Lipinski definition) is 7. The minimum Gasteiger partial charge on any atom is -0.481 e. The number of aliphatic hydroxyl groups excluding tert-OH is 1. The number of halogens is 2. The normalized spacial score (nSPS) is 20.1. The van der Waals surface area contributed by atoms with Gasteiger partial charge in [0.1, 0.15) is 12.1 Å². The third-order valence-electron chi connectivity index (χ3n) is 7.29. The summed E-state index contributed by atoms with van der Waals surface area (Å²) in [6, 6.07) is 9.66. The number of nitrogens with zero attached hydrogens (tertiary/aromatic N) is 2. The van der Waals surface area contributed by atoms with E-state index in [4.69, 9.17) is 27.9 Å². The molecule has 230 valence electrons. The molecule has 0 bridgehead atoms. The Morgan fingerprint density at radius 2 is 1.72 bits per heavy atom. The van der Waals surface area contributed by atoms with Gasteiger partial charge in [-0.15, -0.1) is 0 Å². The number of hydrogen-bond donors (Lipinski definition) is 4. The van der Waals surface area contributed by atoms with Crippen molar-refractivity contribution in [1.82, 2.24) is 20.7 Å². The average Bonchev–Trinajstić information content (AvgIpc) is 3.10. The second-order valence-electron chi connectivity index (χ2n) is 10.3. The molecule has 4 amide bonds. The number of aliphatic carboxylic acids is 1. The van der Waals surface area contributed by atoms with Crippen molar-refractivity contribution < 1.29 is 38.9 Å². The van der Waals surface area contributed by atoms with Crippen molar-refractivity contribution in [3.05, 3.63) is 69.7 Å². The number of benzene rings is 2. The first-order valence-corrected chi connectivity index (χ1v) is 14.5. The molecule has 0 radical (unpaired) electrons. The number of carboxylic acids is 1. The highest BCUT2D eigenvalue weighted by Crippen LogP contribution is 2.27. The number of carboxylic acid groups (broad SMARTS) is 1. The average molecular weight is 636 g/mol. The van der Waals surface area contributed by atoms with Crippen LogP contribution in [-0.4, -0.2) is 87.2 Å². The lowest BCUT2D eigenvalue weighted by Crippen LogP contribution is -2.64. The summed E-state index contributed by atoms with van der Waals surface area (Å²) in [4.78, 5) is 64.6. The highest BCUT2D eigenvalue weighted by Gasteiger charge is 2.45. The van der Waals surface area contributed by atoms with Gasteiger partial charge in [0.2, 0.25) is 11.8 Å². The number of amides is 4. The number of carbonyl (C=O) groups excluding carboxylic acids is 4. The van der Waals surface area contributed by atoms with E-state index in [2.05, 4.69) is 10.6 Å². The third kappa shape index (κ3) is 8.02. The Labute approximate surface area is 257 Å². The van der Waals surface area contributed by atoms with Gasteiger partial charge >= 0.3 is 5.97 Å². The molecule has 2 aliphatic heterocycles. The lowest BCUT2D eigenvalue weighted by molar-refractivity contribution is -0.176. The molecule has 2 aliphatic rings. The highest BCUT2D eigenvalue weighted by atomic mass is 35.5. The van der Waals surface area contributed by atoms with Crippen LogP contribution >= 0.6 is 23.2 Å². The summed E-state index contributed by atoms with van der Waals surface area (Å²) in [7, 11) is 0. The third-order valence-corrected chi connectivity index (χ3v) is 8.00. The van der Waals surface area contributed by atoms with Crippen molar-refractivity contribution in [2.24, 2.45) is 0 Å². The molecule has 14 heteroatoms. The maximum absolute atomic E-state index is 13.7. The zero-order valence-electron chi connectivity index (χ0n) is 23.1. The van der Waals surface area contributed by atoms with Gasteiger partial charge in [-0.25, -0.2) is 5.01 Å². The Morgan fingerprint density at radius 1 is 1.02 bits per heavy atom. The van der Waals surface area contributed by atoms with Crippen LogP contribution in [0, 0.1) is 0 Å². The summed E-state index contributed by atoms with van der Waals surface area (Å²) >= 11 is 12.3. The Balaban J connectivity index is 1.46. The van der Waals surface area contributed by atoms with Gasteiger partial charge in [0.15, 0.2) is 0 Å². The van der Waals surface area contributed by atoms with E-state index in [1.807, 2.05) is 0 Å². The smallest absolute Gasteiger partial charge is 0.305 e. The maximum Gasteiger partial charge on any atom is 0.305 e. The van der Waals surface area contributed by atoms with E-state index in [9.17, 15) is 34.2 Å². The number of ether oxygens (including phenoxy) is 1. The number of hydrazine groups is 1. The van der Waals surface area contributed by atoms with Gasteiger partial charge in [0.05, 0.1) is 31.8 Å². The molecule has 4 rings (SSSR count). The lowest BCUT2D eigenvalue weighted by Gasteiger charge is -2.43. The molecule has 12 nitrogen and oxygen atoms in total. The summed E-state index contributed by atoms with van der Waals surface area (Å²) in [6.45, 7) is -0.222. The Hall–Kier alpha value is -3.71. The predicted molar refractivity (Wildman–Crippen MR) is 155 cm³/mol. The second-order valence-corrected chi connectivity index (χ2v) is 11.1. The highest BCUT2D eigenvalue weighted by molar-refractivity contribution is 6.35. The molecular weight excluding hydrogens is 603 g/mol. The standard InChI is InChI=1S/C29H32Cl2N4O8/c30-19-8-4-9-20(31)18(19)15-43-16-24(36)22(14-26(38)39)33-28(41)23-10-5-13-34-25(37)12-11-21(29(42)35(23)34)32-27(40)17-6-2-1-3-7-17/h1-4,6-9,21-24,36H,5,10-16H2,(H,32,40)(H,33,41)(H,38,39). The molecule has 2 aromatic carbocycles. The van der Waals surface area contributed by atoms with E-state index in [-0.39, 0.29) is 44.9 Å². The Kier molecular flexibility index (Phi) is 11.0. The first-order chi connectivity index (χ1) is 20.6. The fourth-order valence-electron chi connectivity index (χ4n) is 5.06. The van der Waals surface area contributed by atoms with Crippen LogP contribution in [0.25, 0.3) is 0 Å². The zero-order chi connectivity index (χ0) is 31.1. The molecule has 43 heavy (non-hydrogen) atoms. The number of carbonyl (C=O) groups is 5. The molecule has 0 aromatic heterocycles. The molecule has 2 aromatic rings. The van der Waals surface area contributed by atoms with Gasteiger partial charge < -0.3 is 25.6 Å². The van der Waals surface area contributed by atoms with Crippen molar-refractivity contribution in [3.8, 4) is 0 Å². The van der Waals surface area contributed by atoms with Crippen LogP contribution in [0.4, 0.5) is 0 Å². The van der Waals surface area contributed by atoms with E-state index >= 15 is 0 Å². The van der Waals surface area contributed by atoms with Crippen LogP contribution in [0.3, 0.4) is 0 Å². The lowest BCUT2D eigenvalue weighted by atomic mass is 10.0. The van der Waals surface area contributed by atoms with Crippen molar-refractivity contribution in [1.29, 1.82) is 0 Å². The van der Waals surface area contributed by atoms with Gasteiger partial charge in [-0.2, -0.15) is 0 Å². The molecule has 0 spiro atoms. The fraction of sp³-hybridized carbons (Fsp3) is 0.414. The SMILES string of the molecule is O=C(O)CC(NC(=O)C1CCCN2C(=O)CCC(NC(=O)c3ccccc3)C(=O)N12)C(O)COCc1c(Cl)cccc1Cl. The fourth-order valence-corrected chi connectivity index (χ4v) is 5.56. The van der Waals surface area contributed by atoms with Gasteiger partial charge in [-0.3, -0.25) is 29.0 Å². The molecule has 2 fully saturated rings. The minimum absolute atomic E-state index is 0.0244. The Morgan fingerprint density at radius 3 is 2.40 bits per heavy atom. The molecule has 0 saturated carbocycles. The summed E-state index contributed by atoms with van der Waals surface area (Å²) in [5.74, 6) is -3.55. The molecule has 4 N–H and O–H groups in total. The van der Waals surface area contributed by atoms with Crippen molar-refractivity contribution in [2.45, 2.75) is 62.9 Å². The largest absolute Gasteiger partial charge is 0.481 e. The van der Waals surface area contributed by atoms with Crippen molar-refractivity contribution >= 4 is 52.8 Å². The van der Waals surface area contributed by atoms with E-state index in [0.29, 0.717) is 27.6 Å². The Bertz CT molecular complexity index is 1340. The van der Waals surface area contributed by atoms with Gasteiger partial charge in [-0.05, 0) is 43.5 Å². The summed E-state index contributed by atoms with van der Waals surface area (Å²) in [5.41, 5.74) is 0.817. The van der Waals surface area contributed by atoms with E-state index < -0.39 is 54.3 Å².